The van der Waals surface area contributed by atoms with Gasteiger partial charge in [0.2, 0.25) is 0 Å². The molecule has 0 heterocycles. The minimum absolute atomic E-state index is 0.0597. The van der Waals surface area contributed by atoms with Crippen molar-refractivity contribution in [2.24, 2.45) is 0 Å². The lowest BCUT2D eigenvalue weighted by atomic mass is 10.2. The number of rotatable bonds is 4. The molecule has 4 nitrogen and oxygen atoms in total. The summed E-state index contributed by atoms with van der Waals surface area (Å²) in [5.74, 6) is -0.302. The molecule has 1 rings (SSSR count). The van der Waals surface area contributed by atoms with E-state index in [0.717, 1.165) is 6.26 Å². The van der Waals surface area contributed by atoms with E-state index in [0.29, 0.717) is 10.6 Å². The number of carbonyl (C=O) groups excluding carboxylic acids is 1. The highest BCUT2D eigenvalue weighted by Gasteiger charge is 2.20. The molecule has 1 aromatic carbocycles. The van der Waals surface area contributed by atoms with Crippen molar-refractivity contribution < 1.29 is 13.2 Å². The second-order valence-corrected chi connectivity index (χ2v) is 6.99. The normalized spacial score (nSPS) is 13.1. The van der Waals surface area contributed by atoms with Gasteiger partial charge in [-0.1, -0.05) is 17.7 Å². The predicted molar refractivity (Wildman–Crippen MR) is 72.7 cm³/mol. The fraction of sp³-hybridized carbons (Fsp3) is 0.417. The Kier molecular flexibility index (Phi) is 4.76. The van der Waals surface area contributed by atoms with Gasteiger partial charge in [0.25, 0.3) is 5.91 Å². The van der Waals surface area contributed by atoms with Gasteiger partial charge >= 0.3 is 0 Å². The molecule has 0 spiro atoms. The zero-order valence-electron chi connectivity index (χ0n) is 10.6. The zero-order chi connectivity index (χ0) is 13.9. The maximum Gasteiger partial charge on any atom is 0.253 e. The highest BCUT2D eigenvalue weighted by molar-refractivity contribution is 7.90. The average molecular weight is 290 g/mol. The van der Waals surface area contributed by atoms with Crippen molar-refractivity contribution in [3.8, 4) is 0 Å². The molecule has 1 amide bonds. The van der Waals surface area contributed by atoms with E-state index >= 15 is 0 Å². The smallest absolute Gasteiger partial charge is 0.253 e. The van der Waals surface area contributed by atoms with Crippen LogP contribution in [0.2, 0.25) is 5.02 Å². The standard InChI is InChI=1S/C12H16ClNO3S/c1-9(8-18(3,16)17)14(2)12(15)10-5-4-6-11(13)7-10/h4-7,9H,8H2,1-3H3. The summed E-state index contributed by atoms with van der Waals surface area (Å²) in [6.45, 7) is 1.70. The van der Waals surface area contributed by atoms with E-state index < -0.39 is 9.84 Å². The van der Waals surface area contributed by atoms with Crippen LogP contribution in [0, 0.1) is 0 Å². The lowest BCUT2D eigenvalue weighted by Crippen LogP contribution is -2.39. The van der Waals surface area contributed by atoms with Crippen molar-refractivity contribution in [1.82, 2.24) is 4.90 Å². The van der Waals surface area contributed by atoms with Gasteiger partial charge in [-0.2, -0.15) is 0 Å². The molecule has 100 valence electrons. The van der Waals surface area contributed by atoms with Gasteiger partial charge in [0.05, 0.1) is 5.75 Å². The first-order valence-corrected chi connectivity index (χ1v) is 7.85. The van der Waals surface area contributed by atoms with E-state index in [4.69, 9.17) is 11.6 Å². The fourth-order valence-corrected chi connectivity index (χ4v) is 2.87. The molecular formula is C12H16ClNO3S. The second-order valence-electron chi connectivity index (χ2n) is 4.37. The molecule has 0 bridgehead atoms. The molecule has 0 aliphatic heterocycles. The molecule has 0 N–H and O–H groups in total. The van der Waals surface area contributed by atoms with Gasteiger partial charge in [0.1, 0.15) is 9.84 Å². The summed E-state index contributed by atoms with van der Waals surface area (Å²) in [7, 11) is -1.53. The van der Waals surface area contributed by atoms with Gasteiger partial charge in [-0.05, 0) is 25.1 Å². The van der Waals surface area contributed by atoms with Crippen LogP contribution in [0.15, 0.2) is 24.3 Å². The quantitative estimate of drug-likeness (QED) is 0.850. The Morgan fingerprint density at radius 2 is 2.06 bits per heavy atom. The molecule has 0 radical (unpaired) electrons. The molecule has 18 heavy (non-hydrogen) atoms. The number of benzene rings is 1. The van der Waals surface area contributed by atoms with Crippen molar-refractivity contribution in [3.63, 3.8) is 0 Å². The Morgan fingerprint density at radius 3 is 2.56 bits per heavy atom. The monoisotopic (exact) mass is 289 g/mol. The van der Waals surface area contributed by atoms with Gasteiger partial charge in [-0.15, -0.1) is 0 Å². The number of hydrogen-bond donors (Lipinski definition) is 0. The Balaban J connectivity index is 2.84. The van der Waals surface area contributed by atoms with Crippen molar-refractivity contribution in [2.45, 2.75) is 13.0 Å². The molecule has 1 atom stereocenters. The summed E-state index contributed by atoms with van der Waals surface area (Å²) in [5.41, 5.74) is 0.449. The van der Waals surface area contributed by atoms with Crippen molar-refractivity contribution in [2.75, 3.05) is 19.1 Å². The molecule has 1 unspecified atom stereocenters. The van der Waals surface area contributed by atoms with Gasteiger partial charge in [0.15, 0.2) is 0 Å². The summed E-state index contributed by atoms with van der Waals surface area (Å²) in [6, 6.07) is 6.19. The Bertz CT molecular complexity index is 542. The van der Waals surface area contributed by atoms with Crippen LogP contribution >= 0.6 is 11.6 Å². The van der Waals surface area contributed by atoms with E-state index in [1.54, 1.807) is 38.2 Å². The van der Waals surface area contributed by atoms with Crippen LogP contribution in [-0.2, 0) is 9.84 Å². The minimum atomic E-state index is -3.11. The zero-order valence-corrected chi connectivity index (χ0v) is 12.1. The number of sulfone groups is 1. The van der Waals surface area contributed by atoms with Crippen molar-refractivity contribution in [1.29, 1.82) is 0 Å². The van der Waals surface area contributed by atoms with Crippen LogP contribution in [0.25, 0.3) is 0 Å². The van der Waals surface area contributed by atoms with Crippen LogP contribution < -0.4 is 0 Å². The molecular weight excluding hydrogens is 274 g/mol. The Morgan fingerprint density at radius 1 is 1.44 bits per heavy atom. The number of amides is 1. The van der Waals surface area contributed by atoms with Crippen LogP contribution in [-0.4, -0.2) is 44.3 Å². The maximum absolute atomic E-state index is 12.1. The van der Waals surface area contributed by atoms with Crippen molar-refractivity contribution >= 4 is 27.3 Å². The van der Waals surface area contributed by atoms with E-state index in [1.807, 2.05) is 0 Å². The highest BCUT2D eigenvalue weighted by atomic mass is 35.5. The molecule has 6 heteroatoms. The fourth-order valence-electron chi connectivity index (χ4n) is 1.58. The molecule has 0 aliphatic carbocycles. The van der Waals surface area contributed by atoms with Gasteiger partial charge in [-0.25, -0.2) is 8.42 Å². The first kappa shape index (κ1) is 15.0. The summed E-state index contributed by atoms with van der Waals surface area (Å²) in [5, 5.41) is 0.477. The summed E-state index contributed by atoms with van der Waals surface area (Å²) in [6.07, 6.45) is 1.15. The van der Waals surface area contributed by atoms with E-state index in [-0.39, 0.29) is 17.7 Å². The number of halogens is 1. The van der Waals surface area contributed by atoms with E-state index in [1.165, 1.54) is 4.90 Å². The largest absolute Gasteiger partial charge is 0.338 e. The van der Waals surface area contributed by atoms with Crippen LogP contribution in [0.3, 0.4) is 0 Å². The van der Waals surface area contributed by atoms with Crippen LogP contribution in [0.1, 0.15) is 17.3 Å². The van der Waals surface area contributed by atoms with Gasteiger partial charge in [-0.3, -0.25) is 4.79 Å². The summed E-state index contributed by atoms with van der Waals surface area (Å²) >= 11 is 5.81. The number of nitrogens with zero attached hydrogens (tertiary/aromatic N) is 1. The lowest BCUT2D eigenvalue weighted by Gasteiger charge is -2.24. The molecule has 0 saturated heterocycles. The first-order chi connectivity index (χ1) is 8.20. The Labute approximate surface area is 112 Å². The molecule has 0 fully saturated rings. The molecule has 0 aromatic heterocycles. The third-order valence-electron chi connectivity index (χ3n) is 2.60. The SMILES string of the molecule is CC(CS(C)(=O)=O)N(C)C(=O)c1cccc(Cl)c1. The molecule has 0 saturated carbocycles. The number of carbonyl (C=O) groups is 1. The molecule has 0 aliphatic rings. The third-order valence-corrected chi connectivity index (χ3v) is 3.92. The van der Waals surface area contributed by atoms with Crippen LogP contribution in [0.5, 0.6) is 0 Å². The maximum atomic E-state index is 12.1. The topological polar surface area (TPSA) is 54.5 Å². The van der Waals surface area contributed by atoms with Gasteiger partial charge < -0.3 is 4.90 Å². The third kappa shape index (κ3) is 4.31. The highest BCUT2D eigenvalue weighted by Crippen LogP contribution is 2.13. The minimum Gasteiger partial charge on any atom is -0.338 e. The average Bonchev–Trinajstić information content (AvgIpc) is 2.24. The Hall–Kier alpha value is -1.07. The molecule has 1 aromatic rings. The van der Waals surface area contributed by atoms with Crippen molar-refractivity contribution in [3.05, 3.63) is 34.9 Å². The van der Waals surface area contributed by atoms with Crippen LogP contribution in [0.4, 0.5) is 0 Å². The van der Waals surface area contributed by atoms with E-state index in [2.05, 4.69) is 0 Å². The lowest BCUT2D eigenvalue weighted by molar-refractivity contribution is 0.0757. The van der Waals surface area contributed by atoms with E-state index in [9.17, 15) is 13.2 Å². The summed E-state index contributed by atoms with van der Waals surface area (Å²) in [4.78, 5) is 13.5. The van der Waals surface area contributed by atoms with Gasteiger partial charge in [0, 0.05) is 29.9 Å². The first-order valence-electron chi connectivity index (χ1n) is 5.41. The predicted octanol–water partition coefficient (Wildman–Crippen LogP) is 1.85. The second kappa shape index (κ2) is 5.71. The summed E-state index contributed by atoms with van der Waals surface area (Å²) < 4.78 is 22.4. The number of hydrogen-bond acceptors (Lipinski definition) is 3.